The Morgan fingerprint density at radius 3 is 2.55 bits per heavy atom. The lowest BCUT2D eigenvalue weighted by Crippen LogP contribution is -2.49. The Morgan fingerprint density at radius 2 is 1.95 bits per heavy atom. The summed E-state index contributed by atoms with van der Waals surface area (Å²) < 4.78 is 26.6. The van der Waals surface area contributed by atoms with Crippen LogP contribution in [0, 0.1) is 5.92 Å². The lowest BCUT2D eigenvalue weighted by atomic mass is 9.99. The van der Waals surface area contributed by atoms with Crippen LogP contribution in [0.25, 0.3) is 0 Å². The topological polar surface area (TPSA) is 63.4 Å². The smallest absolute Gasteiger partial charge is 0.214 e. The second-order valence-corrected chi connectivity index (χ2v) is 8.02. The molecule has 5 heteroatoms. The van der Waals surface area contributed by atoms with Gasteiger partial charge in [-0.2, -0.15) is 0 Å². The van der Waals surface area contributed by atoms with Crippen LogP contribution in [0.2, 0.25) is 0 Å². The summed E-state index contributed by atoms with van der Waals surface area (Å²) in [6, 6.07) is 9.74. The zero-order valence-corrected chi connectivity index (χ0v) is 13.0. The van der Waals surface area contributed by atoms with Gasteiger partial charge in [-0.25, -0.2) is 12.7 Å². The van der Waals surface area contributed by atoms with Crippen molar-refractivity contribution in [2.45, 2.75) is 32.2 Å². The van der Waals surface area contributed by atoms with Crippen molar-refractivity contribution in [2.75, 3.05) is 18.8 Å². The number of nitrogens with zero attached hydrogens (tertiary/aromatic N) is 1. The molecule has 1 aliphatic rings. The highest BCUT2D eigenvalue weighted by Crippen LogP contribution is 2.23. The van der Waals surface area contributed by atoms with E-state index in [2.05, 4.69) is 6.92 Å². The Balaban J connectivity index is 2.07. The molecule has 112 valence electrons. The maximum absolute atomic E-state index is 12.5. The van der Waals surface area contributed by atoms with Gasteiger partial charge in [0.05, 0.1) is 5.75 Å². The molecule has 1 aromatic carbocycles. The van der Waals surface area contributed by atoms with E-state index in [0.717, 1.165) is 12.0 Å². The third kappa shape index (κ3) is 3.81. The maximum atomic E-state index is 12.5. The molecule has 0 bridgehead atoms. The second kappa shape index (κ2) is 6.24. The summed E-state index contributed by atoms with van der Waals surface area (Å²) in [5.41, 5.74) is 7.01. The van der Waals surface area contributed by atoms with Gasteiger partial charge in [0, 0.05) is 19.1 Å². The summed E-state index contributed by atoms with van der Waals surface area (Å²) in [6.45, 7) is 5.06. The number of piperidine rings is 1. The molecule has 4 nitrogen and oxygen atoms in total. The molecule has 3 unspecified atom stereocenters. The van der Waals surface area contributed by atoms with Gasteiger partial charge < -0.3 is 5.73 Å². The number of nitrogens with two attached hydrogens (primary N) is 1. The molecule has 0 aromatic heterocycles. The molecule has 0 amide bonds. The Labute approximate surface area is 122 Å². The fourth-order valence-electron chi connectivity index (χ4n) is 2.88. The van der Waals surface area contributed by atoms with Crippen LogP contribution in [0.4, 0.5) is 0 Å². The number of rotatable bonds is 4. The zero-order valence-electron chi connectivity index (χ0n) is 12.2. The fourth-order valence-corrected chi connectivity index (χ4v) is 4.81. The molecule has 1 fully saturated rings. The number of hydrogen-bond donors (Lipinski definition) is 1. The van der Waals surface area contributed by atoms with E-state index in [0.29, 0.717) is 19.0 Å². The van der Waals surface area contributed by atoms with Crippen molar-refractivity contribution in [1.29, 1.82) is 0 Å². The second-order valence-electron chi connectivity index (χ2n) is 6.01. The van der Waals surface area contributed by atoms with Gasteiger partial charge in [0.2, 0.25) is 10.0 Å². The van der Waals surface area contributed by atoms with Crippen molar-refractivity contribution in [2.24, 2.45) is 11.7 Å². The summed E-state index contributed by atoms with van der Waals surface area (Å²) in [7, 11) is -3.24. The van der Waals surface area contributed by atoms with Crippen LogP contribution in [-0.2, 0) is 10.0 Å². The molecule has 0 radical (unpaired) electrons. The van der Waals surface area contributed by atoms with Crippen molar-refractivity contribution in [3.8, 4) is 0 Å². The van der Waals surface area contributed by atoms with Gasteiger partial charge >= 0.3 is 0 Å². The Kier molecular flexibility index (Phi) is 4.83. The Bertz CT molecular complexity index is 520. The minimum Gasteiger partial charge on any atom is -0.326 e. The first-order chi connectivity index (χ1) is 9.38. The van der Waals surface area contributed by atoms with Crippen LogP contribution in [0.5, 0.6) is 0 Å². The van der Waals surface area contributed by atoms with Gasteiger partial charge in [-0.15, -0.1) is 0 Å². The Morgan fingerprint density at radius 1 is 1.30 bits per heavy atom. The molecular formula is C15H24N2O2S. The van der Waals surface area contributed by atoms with Gasteiger partial charge in [-0.05, 0) is 23.8 Å². The molecular weight excluding hydrogens is 272 g/mol. The van der Waals surface area contributed by atoms with Gasteiger partial charge in [0.25, 0.3) is 0 Å². The lowest BCUT2D eigenvalue weighted by molar-refractivity contribution is 0.254. The largest absolute Gasteiger partial charge is 0.326 e. The van der Waals surface area contributed by atoms with Gasteiger partial charge in [-0.3, -0.25) is 0 Å². The van der Waals surface area contributed by atoms with Crippen molar-refractivity contribution in [3.05, 3.63) is 35.9 Å². The average Bonchev–Trinajstić information content (AvgIpc) is 2.38. The van der Waals surface area contributed by atoms with E-state index in [9.17, 15) is 8.42 Å². The number of hydrogen-bond acceptors (Lipinski definition) is 3. The van der Waals surface area contributed by atoms with Gasteiger partial charge in [0.15, 0.2) is 0 Å². The summed E-state index contributed by atoms with van der Waals surface area (Å²) in [5, 5.41) is 0. The van der Waals surface area contributed by atoms with E-state index in [1.54, 1.807) is 4.31 Å². The normalized spacial score (nSPS) is 26.4. The molecule has 1 saturated heterocycles. The van der Waals surface area contributed by atoms with E-state index < -0.39 is 10.0 Å². The van der Waals surface area contributed by atoms with E-state index >= 15 is 0 Å². The van der Waals surface area contributed by atoms with Crippen molar-refractivity contribution >= 4 is 10.0 Å². The molecule has 2 N–H and O–H groups in total. The van der Waals surface area contributed by atoms with Crippen molar-refractivity contribution in [1.82, 2.24) is 4.31 Å². The van der Waals surface area contributed by atoms with E-state index in [1.165, 1.54) is 0 Å². The van der Waals surface area contributed by atoms with Crippen LogP contribution in [0.1, 0.15) is 31.7 Å². The summed E-state index contributed by atoms with van der Waals surface area (Å²) >= 11 is 0. The molecule has 20 heavy (non-hydrogen) atoms. The molecule has 0 aliphatic carbocycles. The Hall–Kier alpha value is -0.910. The minimum absolute atomic E-state index is 0.00495. The molecule has 1 aromatic rings. The summed E-state index contributed by atoms with van der Waals surface area (Å²) in [5.74, 6) is 0.478. The molecule has 1 heterocycles. The quantitative estimate of drug-likeness (QED) is 0.921. The molecule has 0 spiro atoms. The number of sulfonamides is 1. The molecule has 2 rings (SSSR count). The first-order valence-electron chi connectivity index (χ1n) is 7.17. The highest BCUT2D eigenvalue weighted by Gasteiger charge is 2.31. The van der Waals surface area contributed by atoms with Crippen molar-refractivity contribution in [3.63, 3.8) is 0 Å². The zero-order chi connectivity index (χ0) is 14.8. The van der Waals surface area contributed by atoms with Crippen LogP contribution in [0.15, 0.2) is 30.3 Å². The van der Waals surface area contributed by atoms with Crippen LogP contribution >= 0.6 is 0 Å². The lowest BCUT2D eigenvalue weighted by Gasteiger charge is -2.34. The monoisotopic (exact) mass is 296 g/mol. The maximum Gasteiger partial charge on any atom is 0.214 e. The highest BCUT2D eigenvalue weighted by atomic mass is 32.2. The predicted octanol–water partition coefficient (Wildman–Crippen LogP) is 1.79. The molecule has 3 atom stereocenters. The van der Waals surface area contributed by atoms with E-state index in [-0.39, 0.29) is 17.7 Å². The van der Waals surface area contributed by atoms with Gasteiger partial charge in [-0.1, -0.05) is 44.2 Å². The van der Waals surface area contributed by atoms with E-state index in [4.69, 9.17) is 5.73 Å². The van der Waals surface area contributed by atoms with Gasteiger partial charge in [0.1, 0.15) is 0 Å². The molecule has 0 saturated carbocycles. The standard InChI is InChI=1S/C15H24N2O2S/c1-12-8-15(16)10-17(9-12)20(18,19)11-13(2)14-6-4-3-5-7-14/h3-7,12-13,15H,8-11,16H2,1-2H3. The number of benzene rings is 1. The summed E-state index contributed by atoms with van der Waals surface area (Å²) in [6.07, 6.45) is 0.903. The van der Waals surface area contributed by atoms with Crippen LogP contribution in [0.3, 0.4) is 0 Å². The highest BCUT2D eigenvalue weighted by molar-refractivity contribution is 7.89. The first-order valence-corrected chi connectivity index (χ1v) is 8.77. The van der Waals surface area contributed by atoms with Crippen LogP contribution < -0.4 is 5.73 Å². The van der Waals surface area contributed by atoms with Crippen molar-refractivity contribution < 1.29 is 8.42 Å². The third-order valence-corrected chi connectivity index (χ3v) is 5.89. The third-order valence-electron chi connectivity index (χ3n) is 3.88. The minimum atomic E-state index is -3.24. The van der Waals surface area contributed by atoms with Crippen LogP contribution in [-0.4, -0.2) is 37.6 Å². The average molecular weight is 296 g/mol. The SMILES string of the molecule is CC1CC(N)CN(S(=O)(=O)CC(C)c2ccccc2)C1. The molecule has 1 aliphatic heterocycles. The predicted molar refractivity (Wildman–Crippen MR) is 82.0 cm³/mol. The first kappa shape index (κ1) is 15.5. The van der Waals surface area contributed by atoms with E-state index in [1.807, 2.05) is 37.3 Å². The summed E-state index contributed by atoms with van der Waals surface area (Å²) in [4.78, 5) is 0. The fraction of sp³-hybridized carbons (Fsp3) is 0.600.